The van der Waals surface area contributed by atoms with Crippen molar-refractivity contribution in [2.75, 3.05) is 6.54 Å². The van der Waals surface area contributed by atoms with Crippen LogP contribution < -0.4 is 5.32 Å². The Bertz CT molecular complexity index is 550. The maximum Gasteiger partial charge on any atom is 0.0845 e. The summed E-state index contributed by atoms with van der Waals surface area (Å²) in [5.74, 6) is 0. The highest BCUT2D eigenvalue weighted by atomic mass is 79.9. The Kier molecular flexibility index (Phi) is 4.71. The van der Waals surface area contributed by atoms with Gasteiger partial charge < -0.3 is 5.32 Å². The van der Waals surface area contributed by atoms with E-state index in [0.29, 0.717) is 0 Å². The number of likely N-dealkylation sites (N-methyl/N-ethyl adjacent to an activating group) is 1. The highest BCUT2D eigenvalue weighted by Gasteiger charge is 2.14. The summed E-state index contributed by atoms with van der Waals surface area (Å²) in [6, 6.07) is 6.74. The lowest BCUT2D eigenvalue weighted by atomic mass is 10.0. The summed E-state index contributed by atoms with van der Waals surface area (Å²) < 4.78 is 2.89. The molecule has 1 unspecified atom stereocenters. The maximum absolute atomic E-state index is 4.17. The Balaban J connectivity index is 2.21. The zero-order valence-electron chi connectivity index (χ0n) is 11.5. The SMILES string of the molecule is CCNC(Cc1cn(C)nn1)c1ccc(Br)c(C)c1. The van der Waals surface area contributed by atoms with Crippen molar-refractivity contribution < 1.29 is 0 Å². The van der Waals surface area contributed by atoms with Crippen molar-refractivity contribution in [3.05, 3.63) is 45.7 Å². The predicted molar refractivity (Wildman–Crippen MR) is 80.0 cm³/mol. The second kappa shape index (κ2) is 6.30. The lowest BCUT2D eigenvalue weighted by Gasteiger charge is -2.18. The van der Waals surface area contributed by atoms with Crippen molar-refractivity contribution in [2.24, 2.45) is 7.05 Å². The summed E-state index contributed by atoms with van der Waals surface area (Å²) in [6.45, 7) is 5.16. The molecule has 1 aromatic carbocycles. The fourth-order valence-corrected chi connectivity index (χ4v) is 2.38. The molecule has 0 saturated carbocycles. The molecule has 2 rings (SSSR count). The molecule has 0 saturated heterocycles. The zero-order valence-corrected chi connectivity index (χ0v) is 13.1. The first kappa shape index (κ1) is 14.2. The van der Waals surface area contributed by atoms with Crippen LogP contribution in [0.3, 0.4) is 0 Å². The van der Waals surface area contributed by atoms with Crippen molar-refractivity contribution in [3.8, 4) is 0 Å². The van der Waals surface area contributed by atoms with Crippen LogP contribution in [0.2, 0.25) is 0 Å². The van der Waals surface area contributed by atoms with Gasteiger partial charge in [-0.2, -0.15) is 0 Å². The lowest BCUT2D eigenvalue weighted by molar-refractivity contribution is 0.543. The normalized spacial score (nSPS) is 12.6. The third-order valence-corrected chi connectivity index (χ3v) is 3.99. The molecule has 102 valence electrons. The minimum atomic E-state index is 0.272. The van der Waals surface area contributed by atoms with E-state index in [1.807, 2.05) is 13.2 Å². The molecular formula is C14H19BrN4. The van der Waals surface area contributed by atoms with Gasteiger partial charge in [0.05, 0.1) is 5.69 Å². The minimum absolute atomic E-state index is 0.272. The van der Waals surface area contributed by atoms with E-state index in [1.165, 1.54) is 11.1 Å². The number of hydrogen-bond donors (Lipinski definition) is 1. The third kappa shape index (κ3) is 3.64. The van der Waals surface area contributed by atoms with Crippen LogP contribution in [0.25, 0.3) is 0 Å². The Hall–Kier alpha value is -1.20. The zero-order chi connectivity index (χ0) is 13.8. The van der Waals surface area contributed by atoms with Gasteiger partial charge in [0.1, 0.15) is 0 Å². The van der Waals surface area contributed by atoms with E-state index in [9.17, 15) is 0 Å². The second-order valence-corrected chi connectivity index (χ2v) is 5.56. The van der Waals surface area contributed by atoms with Crippen molar-refractivity contribution in [1.82, 2.24) is 20.3 Å². The van der Waals surface area contributed by atoms with Gasteiger partial charge in [0.2, 0.25) is 0 Å². The monoisotopic (exact) mass is 322 g/mol. The molecule has 0 fully saturated rings. The quantitative estimate of drug-likeness (QED) is 0.920. The van der Waals surface area contributed by atoms with Crippen molar-refractivity contribution in [3.63, 3.8) is 0 Å². The minimum Gasteiger partial charge on any atom is -0.310 e. The van der Waals surface area contributed by atoms with Crippen LogP contribution in [0.4, 0.5) is 0 Å². The fourth-order valence-electron chi connectivity index (χ4n) is 2.14. The molecule has 4 nitrogen and oxygen atoms in total. The highest BCUT2D eigenvalue weighted by molar-refractivity contribution is 9.10. The summed E-state index contributed by atoms with van der Waals surface area (Å²) in [4.78, 5) is 0. The van der Waals surface area contributed by atoms with Crippen LogP contribution in [0, 0.1) is 6.92 Å². The topological polar surface area (TPSA) is 42.7 Å². The number of aryl methyl sites for hydroxylation is 2. The van der Waals surface area contributed by atoms with Crippen LogP contribution in [0.1, 0.15) is 29.8 Å². The molecule has 0 bridgehead atoms. The Morgan fingerprint density at radius 3 is 2.79 bits per heavy atom. The van der Waals surface area contributed by atoms with Gasteiger partial charge in [-0.1, -0.05) is 40.2 Å². The standard InChI is InChI=1S/C14H19BrN4/c1-4-16-14(8-12-9-19(3)18-17-12)11-5-6-13(15)10(2)7-11/h5-7,9,14,16H,4,8H2,1-3H3. The molecule has 1 N–H and O–H groups in total. The number of benzene rings is 1. The predicted octanol–water partition coefficient (Wildman–Crippen LogP) is 2.78. The summed E-state index contributed by atoms with van der Waals surface area (Å²) in [5.41, 5.74) is 3.54. The average molecular weight is 323 g/mol. The molecule has 1 aromatic heterocycles. The van der Waals surface area contributed by atoms with Crippen LogP contribution in [0.5, 0.6) is 0 Å². The number of aromatic nitrogens is 3. The first-order chi connectivity index (χ1) is 9.10. The molecule has 0 amide bonds. The number of nitrogens with one attached hydrogen (secondary N) is 1. The molecule has 0 aliphatic rings. The molecule has 1 atom stereocenters. The molecule has 1 heterocycles. The molecule has 19 heavy (non-hydrogen) atoms. The Labute approximate surface area is 122 Å². The van der Waals surface area contributed by atoms with Crippen LogP contribution in [0.15, 0.2) is 28.9 Å². The van der Waals surface area contributed by atoms with Gasteiger partial charge in [0.25, 0.3) is 0 Å². The van der Waals surface area contributed by atoms with E-state index in [4.69, 9.17) is 0 Å². The first-order valence-electron chi connectivity index (χ1n) is 6.44. The maximum atomic E-state index is 4.17. The fraction of sp³-hybridized carbons (Fsp3) is 0.429. The Morgan fingerprint density at radius 1 is 1.42 bits per heavy atom. The van der Waals surface area contributed by atoms with Crippen molar-refractivity contribution in [2.45, 2.75) is 26.3 Å². The molecule has 0 aliphatic heterocycles. The number of halogens is 1. The van der Waals surface area contributed by atoms with Gasteiger partial charge in [-0.25, -0.2) is 0 Å². The van der Waals surface area contributed by atoms with Gasteiger partial charge >= 0.3 is 0 Å². The lowest BCUT2D eigenvalue weighted by Crippen LogP contribution is -2.23. The summed E-state index contributed by atoms with van der Waals surface area (Å²) in [6.07, 6.45) is 2.82. The van der Waals surface area contributed by atoms with Crippen LogP contribution in [-0.2, 0) is 13.5 Å². The number of hydrogen-bond acceptors (Lipinski definition) is 3. The molecule has 2 aromatic rings. The van der Waals surface area contributed by atoms with Gasteiger partial charge in [-0.15, -0.1) is 5.10 Å². The molecular weight excluding hydrogens is 304 g/mol. The summed E-state index contributed by atoms with van der Waals surface area (Å²) in [5, 5.41) is 11.7. The van der Waals surface area contributed by atoms with Crippen LogP contribution >= 0.6 is 15.9 Å². The molecule has 0 radical (unpaired) electrons. The van der Waals surface area contributed by atoms with Crippen LogP contribution in [-0.4, -0.2) is 21.5 Å². The van der Waals surface area contributed by atoms with Crippen molar-refractivity contribution >= 4 is 15.9 Å². The molecule has 0 spiro atoms. The van der Waals surface area contributed by atoms with E-state index in [-0.39, 0.29) is 6.04 Å². The highest BCUT2D eigenvalue weighted by Crippen LogP contribution is 2.23. The number of nitrogens with zero attached hydrogens (tertiary/aromatic N) is 3. The van der Waals surface area contributed by atoms with E-state index >= 15 is 0 Å². The summed E-state index contributed by atoms with van der Waals surface area (Å²) >= 11 is 3.54. The van der Waals surface area contributed by atoms with Gasteiger partial charge in [-0.3, -0.25) is 4.68 Å². The Morgan fingerprint density at radius 2 is 2.21 bits per heavy atom. The average Bonchev–Trinajstić information content (AvgIpc) is 2.78. The number of rotatable bonds is 5. The summed E-state index contributed by atoms with van der Waals surface area (Å²) in [7, 11) is 1.89. The largest absolute Gasteiger partial charge is 0.310 e. The van der Waals surface area contributed by atoms with E-state index in [0.717, 1.165) is 23.1 Å². The van der Waals surface area contributed by atoms with E-state index in [1.54, 1.807) is 4.68 Å². The van der Waals surface area contributed by atoms with E-state index < -0.39 is 0 Å². The van der Waals surface area contributed by atoms with Gasteiger partial charge in [0.15, 0.2) is 0 Å². The molecule has 0 aliphatic carbocycles. The van der Waals surface area contributed by atoms with Gasteiger partial charge in [-0.05, 0) is 30.7 Å². The van der Waals surface area contributed by atoms with Crippen molar-refractivity contribution in [1.29, 1.82) is 0 Å². The first-order valence-corrected chi connectivity index (χ1v) is 7.24. The molecule has 5 heteroatoms. The van der Waals surface area contributed by atoms with Gasteiger partial charge in [0, 0.05) is 30.2 Å². The third-order valence-electron chi connectivity index (χ3n) is 3.10. The smallest absolute Gasteiger partial charge is 0.0845 e. The second-order valence-electron chi connectivity index (χ2n) is 4.71. The van der Waals surface area contributed by atoms with E-state index in [2.05, 4.69) is 63.6 Å².